The molecular weight excluding hydrogens is 905 g/mol. The van der Waals surface area contributed by atoms with Gasteiger partial charge in [0.05, 0.1) is 6.07 Å². The normalized spacial score (nSPS) is 14.0. The quantitative estimate of drug-likeness (QED) is 0.0999. The number of nitrogens with two attached hydrogens (primary N) is 2. The van der Waals surface area contributed by atoms with E-state index in [1.165, 1.54) is 13.3 Å². The third-order valence-electron chi connectivity index (χ3n) is 3.62. The van der Waals surface area contributed by atoms with E-state index in [4.69, 9.17) is 20.6 Å². The zero-order chi connectivity index (χ0) is 43.7. The highest BCUT2D eigenvalue weighted by Gasteiger charge is 2.96. The number of nitrogens with one attached hydrogen (secondary N) is 1. The minimum atomic E-state index is -8.93. The monoisotopic (exact) mass is 921 g/mol. The molecule has 0 radical (unpaired) electrons. The van der Waals surface area contributed by atoms with Crippen LogP contribution in [0.3, 0.4) is 0 Å². The number of nitriles is 1. The molecule has 0 fully saturated rings. The van der Waals surface area contributed by atoms with Crippen LogP contribution >= 0.6 is 21.4 Å². The van der Waals surface area contributed by atoms with Crippen molar-refractivity contribution in [2.24, 2.45) is 10.3 Å². The van der Waals surface area contributed by atoms with Gasteiger partial charge in [0.15, 0.2) is 0 Å². The van der Waals surface area contributed by atoms with E-state index in [0.29, 0.717) is 0 Å². The van der Waals surface area contributed by atoms with Crippen molar-refractivity contribution in [1.82, 2.24) is 4.13 Å². The molecule has 0 aromatic heterocycles. The molecule has 51 heavy (non-hydrogen) atoms. The predicted molar refractivity (Wildman–Crippen MR) is 135 cm³/mol. The van der Waals surface area contributed by atoms with Gasteiger partial charge >= 0.3 is 64.5 Å². The molecule has 0 saturated heterocycles. The van der Waals surface area contributed by atoms with Crippen LogP contribution in [0.5, 0.6) is 0 Å². The Hall–Kier alpha value is -2.17. The first-order valence-corrected chi connectivity index (χ1v) is 18.1. The van der Waals surface area contributed by atoms with Crippen molar-refractivity contribution in [2.75, 3.05) is 0 Å². The summed E-state index contributed by atoms with van der Waals surface area (Å²) >= 11 is 0. The Kier molecular flexibility index (Phi) is 20.8. The zero-order valence-electron chi connectivity index (χ0n) is 23.7. The SMILES string of the molecule is CC#N.CCC.NS(=O)(=O)C(F)(F)C(F)(F)C(F)(F)C(F)(F)C(F)(F)C(F)(F)C(F)(F)C(F)(F)S(N)(=O)=O.O=S(=O)(Cl)NS(=O)(=O)Cl.O=[N+]([O-])O. The Balaban J connectivity index is -0.000000302. The zero-order valence-corrected chi connectivity index (χ0v) is 28.5. The molecule has 0 aromatic rings. The van der Waals surface area contributed by atoms with E-state index in [0.717, 1.165) is 4.13 Å². The molecule has 0 aliphatic heterocycles. The average Bonchev–Trinajstić information content (AvgIpc) is 2.80. The van der Waals surface area contributed by atoms with Crippen molar-refractivity contribution in [3.63, 3.8) is 0 Å². The summed E-state index contributed by atoms with van der Waals surface area (Å²) in [5.41, 5.74) is 0. The lowest BCUT2D eigenvalue weighted by atomic mass is 9.91. The number of hydrogen-bond acceptors (Lipinski definition) is 11. The van der Waals surface area contributed by atoms with Crippen molar-refractivity contribution in [1.29, 1.82) is 5.26 Å². The van der Waals surface area contributed by atoms with E-state index < -0.39 is 89.7 Å². The molecule has 0 unspecified atom stereocenters. The second-order valence-electron chi connectivity index (χ2n) is 7.70. The number of sulfonamides is 2. The Morgan fingerprint density at radius 3 is 0.824 bits per heavy atom. The van der Waals surface area contributed by atoms with Crippen molar-refractivity contribution in [3.05, 3.63) is 10.1 Å². The molecule has 0 atom stereocenters. The number of rotatable bonds is 11. The molecule has 0 rings (SSSR count). The van der Waals surface area contributed by atoms with Gasteiger partial charge < -0.3 is 5.21 Å². The van der Waals surface area contributed by atoms with E-state index in [2.05, 4.69) is 45.5 Å². The van der Waals surface area contributed by atoms with E-state index in [1.807, 2.05) is 0 Å². The summed E-state index contributed by atoms with van der Waals surface area (Å²) in [7, 11) is -14.6. The highest BCUT2D eigenvalue weighted by Crippen LogP contribution is 2.64. The molecule has 0 aliphatic carbocycles. The molecule has 310 valence electrons. The maximum atomic E-state index is 13.3. The molecule has 38 heteroatoms. The standard InChI is InChI=1S/C8H4F16N2O4S2.C3H8.C2H3N.Cl2HNO4S2.HNO3/c9-1(10,3(13,14)5(17,18)7(21,22)31(25,27)28)2(11,12)4(15,16)6(19,20)8(23,24)32(26,29)30;1-3-2;1-2-3;1-8(4,5)3-9(2,6)7;2-1(3)4/h(H2,25,27,28)(H2,26,29,30);3H2,1-2H3;1H3;3H;(H,2,3,4). The maximum Gasteiger partial charge on any atom is 0.426 e. The largest absolute Gasteiger partial charge is 0.426 e. The Bertz CT molecular complexity index is 1550. The van der Waals surface area contributed by atoms with Crippen LogP contribution in [0.2, 0.25) is 0 Å². The van der Waals surface area contributed by atoms with Gasteiger partial charge in [-0.3, -0.25) is 0 Å². The fourth-order valence-corrected chi connectivity index (χ4v) is 5.34. The first-order valence-electron chi connectivity index (χ1n) is 10.4. The van der Waals surface area contributed by atoms with E-state index in [9.17, 15) is 104 Å². The fraction of sp³-hybridized carbons (Fsp3) is 0.923. The first kappa shape index (κ1) is 58.1. The van der Waals surface area contributed by atoms with Crippen LogP contribution in [-0.2, 0) is 38.5 Å². The summed E-state index contributed by atoms with van der Waals surface area (Å²) < 4.78 is 292. The highest BCUT2D eigenvalue weighted by atomic mass is 35.7. The lowest BCUT2D eigenvalue weighted by Crippen LogP contribution is -2.76. The van der Waals surface area contributed by atoms with Crippen LogP contribution in [0.4, 0.5) is 70.2 Å². The van der Waals surface area contributed by atoms with Crippen molar-refractivity contribution < 1.29 is 114 Å². The fourth-order valence-electron chi connectivity index (χ4n) is 1.63. The molecule has 0 aromatic carbocycles. The molecule has 0 amide bonds. The number of halogens is 18. The predicted octanol–water partition coefficient (Wildman–Crippen LogP) is 3.70. The number of primary sulfonamides is 2. The van der Waals surface area contributed by atoms with E-state index in [-0.39, 0.29) is 0 Å². The molecule has 16 nitrogen and oxygen atoms in total. The smallest absolute Gasteiger partial charge is 0.328 e. The lowest BCUT2D eigenvalue weighted by Gasteiger charge is -2.42. The lowest BCUT2D eigenvalue weighted by molar-refractivity contribution is -0.742. The van der Waals surface area contributed by atoms with Gasteiger partial charge in [0, 0.05) is 28.3 Å². The summed E-state index contributed by atoms with van der Waals surface area (Å²) in [5, 5.41) is 12.3. The summed E-state index contributed by atoms with van der Waals surface area (Å²) in [6.07, 6.45) is 1.25. The summed E-state index contributed by atoms with van der Waals surface area (Å²) in [4.78, 5) is 8.36. The molecule has 0 bridgehead atoms. The van der Waals surface area contributed by atoms with E-state index >= 15 is 0 Å². The molecule has 0 spiro atoms. The highest BCUT2D eigenvalue weighted by molar-refractivity contribution is 8.25. The molecule has 6 N–H and O–H groups in total. The van der Waals surface area contributed by atoms with Crippen molar-refractivity contribution >= 4 is 59.9 Å². The summed E-state index contributed by atoms with van der Waals surface area (Å²) in [5.74, 6) is -52.2. The number of nitrogens with zero attached hydrogens (tertiary/aromatic N) is 2. The second kappa shape index (κ2) is 18.2. The van der Waals surface area contributed by atoms with Gasteiger partial charge in [0.1, 0.15) is 0 Å². The van der Waals surface area contributed by atoms with E-state index in [1.54, 1.807) is 6.07 Å². The Morgan fingerprint density at radius 1 is 0.627 bits per heavy atom. The molecule has 0 saturated carbocycles. The van der Waals surface area contributed by atoms with Gasteiger partial charge in [-0.15, -0.1) is 10.1 Å². The van der Waals surface area contributed by atoms with Gasteiger partial charge in [-0.25, -0.2) is 27.1 Å². The van der Waals surface area contributed by atoms with Crippen LogP contribution in [0.15, 0.2) is 0 Å². The Morgan fingerprint density at radius 2 is 0.745 bits per heavy atom. The number of hydrogen-bond donors (Lipinski definition) is 4. The van der Waals surface area contributed by atoms with Crippen LogP contribution < -0.4 is 14.4 Å². The van der Waals surface area contributed by atoms with Gasteiger partial charge in [-0.05, 0) is 0 Å². The Labute approximate surface area is 282 Å². The topological polar surface area (TPSA) is 288 Å². The first-order chi connectivity index (χ1) is 21.5. The summed E-state index contributed by atoms with van der Waals surface area (Å²) in [6, 6.07) is 1.75. The van der Waals surface area contributed by atoms with Crippen molar-refractivity contribution in [2.45, 2.75) is 73.2 Å². The summed E-state index contributed by atoms with van der Waals surface area (Å²) in [6.45, 7) is 5.68. The molecular formula is C13H17Cl2F16N5O11S4. The van der Waals surface area contributed by atoms with Crippen LogP contribution in [-0.4, -0.2) is 90.0 Å². The second-order valence-corrected chi connectivity index (χ2v) is 15.8. The maximum absolute atomic E-state index is 13.3. The van der Waals surface area contributed by atoms with Gasteiger partial charge in [0.25, 0.3) is 25.1 Å². The third-order valence-corrected chi connectivity index (χ3v) is 8.29. The van der Waals surface area contributed by atoms with Crippen LogP contribution in [0.25, 0.3) is 0 Å². The third kappa shape index (κ3) is 14.0. The molecule has 0 heterocycles. The van der Waals surface area contributed by atoms with Gasteiger partial charge in [-0.1, -0.05) is 24.4 Å². The minimum Gasteiger partial charge on any atom is -0.328 e. The number of alkyl halides is 16. The van der Waals surface area contributed by atoms with Crippen LogP contribution in [0.1, 0.15) is 27.2 Å². The van der Waals surface area contributed by atoms with Gasteiger partial charge in [-0.2, -0.15) is 92.3 Å². The average molecular weight is 922 g/mol. The van der Waals surface area contributed by atoms with Crippen LogP contribution in [0, 0.1) is 21.4 Å². The van der Waals surface area contributed by atoms with Gasteiger partial charge in [0.2, 0.25) is 0 Å². The molecule has 0 aliphatic rings. The minimum absolute atomic E-state index is 0.934. The van der Waals surface area contributed by atoms with Crippen molar-refractivity contribution in [3.8, 4) is 6.07 Å².